The maximum Gasteiger partial charge on any atom is 0.434 e. The van der Waals surface area contributed by atoms with Gasteiger partial charge in [-0.2, -0.15) is 36.2 Å². The lowest BCUT2D eigenvalue weighted by molar-refractivity contribution is -0.141. The van der Waals surface area contributed by atoms with Gasteiger partial charge in [-0.05, 0) is 84.3 Å². The number of nitrogens with two attached hydrogens (primary N) is 3. The molecule has 0 aliphatic rings. The van der Waals surface area contributed by atoms with Crippen molar-refractivity contribution in [2.75, 3.05) is 5.73 Å². The molecule has 78 heavy (non-hydrogen) atoms. The number of hydrogen-bond donors (Lipinski definition) is 4. The number of carbonyl (C=O) groups excluding carboxylic acids is 1. The van der Waals surface area contributed by atoms with Crippen LogP contribution in [0.3, 0.4) is 0 Å². The molecule has 0 fully saturated rings. The Morgan fingerprint density at radius 1 is 0.641 bits per heavy atom. The lowest BCUT2D eigenvalue weighted by atomic mass is 10.1. The number of nitrogens with one attached hydrogen (secondary N) is 1. The van der Waals surface area contributed by atoms with Gasteiger partial charge in [-0.15, -0.1) is 0 Å². The van der Waals surface area contributed by atoms with Gasteiger partial charge in [0.2, 0.25) is 0 Å². The molecule has 0 saturated carbocycles. The van der Waals surface area contributed by atoms with Crippen molar-refractivity contribution in [2.24, 2.45) is 15.5 Å². The molecule has 0 amide bonds. The number of nitriles is 1. The zero-order valence-electron chi connectivity index (χ0n) is 37.5. The molecule has 5 aromatic carbocycles. The van der Waals surface area contributed by atoms with E-state index in [1.165, 1.54) is 12.1 Å². The summed E-state index contributed by atoms with van der Waals surface area (Å²) in [6.07, 6.45) is -4.41. The monoisotopic (exact) mass is 1300 g/mol. The van der Waals surface area contributed by atoms with Gasteiger partial charge in [0, 0.05) is 23.3 Å². The van der Waals surface area contributed by atoms with Crippen molar-refractivity contribution in [1.29, 1.82) is 10.7 Å². The Kier molecular flexibility index (Phi) is 23.1. The van der Waals surface area contributed by atoms with E-state index in [0.717, 1.165) is 84.5 Å². The van der Waals surface area contributed by atoms with E-state index in [2.05, 4.69) is 43.9 Å². The Labute approximate surface area is 471 Å². The fourth-order valence-corrected chi connectivity index (χ4v) is 7.58. The Hall–Kier alpha value is -6.71. The van der Waals surface area contributed by atoms with Crippen LogP contribution in [-0.2, 0) is 12.6 Å². The van der Waals surface area contributed by atoms with Crippen LogP contribution >= 0.6 is 97.2 Å². The minimum Gasteiger partial charge on any atom is -0.384 e. The second kappa shape index (κ2) is 28.3. The van der Waals surface area contributed by atoms with E-state index in [-0.39, 0.29) is 58.3 Å². The summed E-state index contributed by atoms with van der Waals surface area (Å²) in [5, 5.41) is 14.0. The zero-order valence-corrected chi connectivity index (χ0v) is 44.5. The molecule has 0 aliphatic heterocycles. The number of ketones is 1. The molecule has 0 spiro atoms. The fraction of sp³-hybridized carbons (Fsp3) is 0.0444. The summed E-state index contributed by atoms with van der Waals surface area (Å²) >= 11 is 31.3. The number of alkyl halides is 3. The average molecular weight is 1300 g/mol. The van der Waals surface area contributed by atoms with E-state index in [4.69, 9.17) is 85.9 Å². The van der Waals surface area contributed by atoms with Crippen LogP contribution in [-0.4, -0.2) is 41.2 Å². The number of aromatic nitrogens is 5. The third-order valence-corrected chi connectivity index (χ3v) is 12.1. The average Bonchev–Trinajstić information content (AvgIpc) is 4.09. The summed E-state index contributed by atoms with van der Waals surface area (Å²) in [7, 11) is 0. The molecule has 7 N–H and O–H groups in total. The fourth-order valence-electron chi connectivity index (χ4n) is 5.53. The molecule has 408 valence electrons. The van der Waals surface area contributed by atoms with Gasteiger partial charge in [0.05, 0.1) is 69.9 Å². The van der Waals surface area contributed by atoms with Gasteiger partial charge in [0.25, 0.3) is 0 Å². The molecular weight excluding hydrogens is 1280 g/mol. The van der Waals surface area contributed by atoms with Crippen molar-refractivity contribution in [3.05, 3.63) is 195 Å². The summed E-state index contributed by atoms with van der Waals surface area (Å²) in [5.74, 6) is -11.5. The first-order valence-electron chi connectivity index (χ1n) is 19.9. The van der Waals surface area contributed by atoms with E-state index < -0.39 is 116 Å². The van der Waals surface area contributed by atoms with E-state index in [1.807, 2.05) is 0 Å². The summed E-state index contributed by atoms with van der Waals surface area (Å²) < 4.78 is 181. The number of nitrogen functional groups attached to an aromatic ring is 2. The van der Waals surface area contributed by atoms with Gasteiger partial charge in [0.1, 0.15) is 57.4 Å². The second-order valence-corrected chi connectivity index (χ2v) is 18.1. The van der Waals surface area contributed by atoms with Crippen molar-refractivity contribution in [2.45, 2.75) is 12.6 Å². The lowest BCUT2D eigenvalue weighted by Gasteiger charge is -2.09. The maximum atomic E-state index is 14.0. The minimum absolute atomic E-state index is 0.00856. The molecule has 0 aliphatic carbocycles. The first kappa shape index (κ1) is 63.8. The van der Waals surface area contributed by atoms with Crippen LogP contribution in [0.2, 0.25) is 25.1 Å². The number of pyridine rings is 1. The highest BCUT2D eigenvalue weighted by Gasteiger charge is 2.37. The van der Waals surface area contributed by atoms with Crippen LogP contribution in [0.4, 0.5) is 62.2 Å². The van der Waals surface area contributed by atoms with Crippen molar-refractivity contribution in [3.8, 4) is 28.8 Å². The quantitative estimate of drug-likeness (QED) is 0.0389. The first-order valence-corrected chi connectivity index (χ1v) is 24.0. The van der Waals surface area contributed by atoms with Crippen LogP contribution in [0, 0.1) is 74.9 Å². The molecule has 8 aromatic rings. The number of halogens is 19. The number of benzene rings is 5. The molecule has 12 nitrogen and oxygen atoms in total. The van der Waals surface area contributed by atoms with Crippen molar-refractivity contribution >= 4 is 120 Å². The summed E-state index contributed by atoms with van der Waals surface area (Å²) in [6.45, 7) is 0. The molecule has 0 bridgehead atoms. The molecule has 3 aromatic heterocycles. The van der Waals surface area contributed by atoms with Crippen LogP contribution < -0.4 is 17.2 Å². The van der Waals surface area contributed by atoms with E-state index >= 15 is 0 Å². The first-order chi connectivity index (χ1) is 36.5. The number of hydrogen-bond acceptors (Lipinski definition) is 12. The minimum atomic E-state index is -4.80. The van der Waals surface area contributed by atoms with E-state index in [1.54, 1.807) is 0 Å². The van der Waals surface area contributed by atoms with Crippen LogP contribution in [0.5, 0.6) is 0 Å². The van der Waals surface area contributed by atoms with Gasteiger partial charge < -0.3 is 17.2 Å². The summed E-state index contributed by atoms with van der Waals surface area (Å²) in [6, 6.07) is 13.9. The SMILES string of the molecule is N#Cc1c(F)ccc(Cl)c1F.N=C(N)c1c(F)ccc(Cl)c1F.NC(=NBr)c1c(F)ccc(Cl)c1F.Nc1nc(-c2c(F)ccc(Cl)c2F)ns1.O=C(Cc1nc(-c2c(F)ccc(Cl)c2F)ns1)c1cccnc1C(F)(F)F. The Morgan fingerprint density at radius 3 is 1.51 bits per heavy atom. The highest BCUT2D eigenvalue weighted by molar-refractivity contribution is 9.08. The summed E-state index contributed by atoms with van der Waals surface area (Å²) in [4.78, 5) is 23.0. The van der Waals surface area contributed by atoms with Crippen molar-refractivity contribution in [3.63, 3.8) is 0 Å². The predicted molar refractivity (Wildman–Crippen MR) is 272 cm³/mol. The Morgan fingerprint density at radius 2 is 1.08 bits per heavy atom. The Bertz CT molecular complexity index is 3610. The van der Waals surface area contributed by atoms with Crippen LogP contribution in [0.15, 0.2) is 83.0 Å². The van der Waals surface area contributed by atoms with Crippen molar-refractivity contribution in [1.82, 2.24) is 23.7 Å². The van der Waals surface area contributed by atoms with E-state index in [9.17, 15) is 61.9 Å². The predicted octanol–water partition coefficient (Wildman–Crippen LogP) is 14.7. The topological polar surface area (TPSA) is 220 Å². The Balaban J connectivity index is 0.000000222. The number of amidine groups is 2. The van der Waals surface area contributed by atoms with E-state index in [0.29, 0.717) is 11.5 Å². The number of Topliss-reactive ketones (excluding diaryl/α,β-unsaturated/α-hetero) is 1. The number of nitrogens with zero attached hydrogens (tertiary/aromatic N) is 7. The van der Waals surface area contributed by atoms with Gasteiger partial charge in [-0.3, -0.25) is 15.2 Å². The molecule has 0 atom stereocenters. The molecule has 3 heterocycles. The van der Waals surface area contributed by atoms with Crippen LogP contribution in [0.1, 0.15) is 37.7 Å². The standard InChI is InChI=1S/C16H7ClF5N3OS.C8H4ClF2N3S.C7H4BrClF2N2.C7H5ClF2N2.C7H2ClF2N/c17-8-3-4-9(18)12(13(8)19)15-24-11(27-25-15)6-10(26)7-2-1-5-23-14(7)16(20,21)22;9-3-1-2-4(10)5(6(3)11)7-13-8(12)15-14-7;8-13-7(12)5-4(10)2-1-3(9)6(5)11;8-3-1-2-4(9)5(6(3)10)7(11)12;8-5-1-2-6(9)4(3-11)7(5)10/h1-5H,6H2;1-2H,(H2,12,13,14);1-2H,(H2,12,13);1-2H,(H3,11,12);1-2H. The third-order valence-electron chi connectivity index (χ3n) is 8.99. The van der Waals surface area contributed by atoms with Gasteiger partial charge >= 0.3 is 6.18 Å². The second-order valence-electron chi connectivity index (χ2n) is 14.1. The maximum absolute atomic E-state index is 14.0. The molecule has 0 unspecified atom stereocenters. The smallest absolute Gasteiger partial charge is 0.384 e. The molecular formula is C45H22BrCl5F13N11OS2. The van der Waals surface area contributed by atoms with Gasteiger partial charge in [0.15, 0.2) is 57.3 Å². The normalized spacial score (nSPS) is 10.9. The molecule has 0 radical (unpaired) electrons. The lowest BCUT2D eigenvalue weighted by Crippen LogP contribution is -2.16. The van der Waals surface area contributed by atoms with Gasteiger partial charge in [-0.25, -0.2) is 48.9 Å². The van der Waals surface area contributed by atoms with Crippen LogP contribution in [0.25, 0.3) is 22.8 Å². The largest absolute Gasteiger partial charge is 0.434 e. The third kappa shape index (κ3) is 16.2. The number of rotatable bonds is 7. The van der Waals surface area contributed by atoms with Gasteiger partial charge in [-0.1, -0.05) is 58.0 Å². The molecule has 0 saturated heterocycles. The number of anilines is 1. The zero-order chi connectivity index (χ0) is 58.5. The molecule has 8 rings (SSSR count). The highest BCUT2D eigenvalue weighted by atomic mass is 79.9. The highest BCUT2D eigenvalue weighted by Crippen LogP contribution is 2.33. The number of carbonyl (C=O) groups is 1. The summed E-state index contributed by atoms with van der Waals surface area (Å²) in [5.41, 5.74) is 11.0. The molecule has 33 heteroatoms. The van der Waals surface area contributed by atoms with Crippen molar-refractivity contribution < 1.29 is 61.9 Å².